The van der Waals surface area contributed by atoms with Crippen LogP contribution in [0.3, 0.4) is 0 Å². The highest BCUT2D eigenvalue weighted by Crippen LogP contribution is 2.16. The maximum absolute atomic E-state index is 12.8. The molecule has 0 radical (unpaired) electrons. The Morgan fingerprint density at radius 2 is 1.90 bits per heavy atom. The van der Waals surface area contributed by atoms with Gasteiger partial charge in [-0.2, -0.15) is 0 Å². The van der Waals surface area contributed by atoms with Gasteiger partial charge in [0, 0.05) is 19.3 Å². The van der Waals surface area contributed by atoms with Gasteiger partial charge in [-0.05, 0) is 30.5 Å². The lowest BCUT2D eigenvalue weighted by molar-refractivity contribution is 0.0899. The second-order valence-electron chi connectivity index (χ2n) is 4.84. The van der Waals surface area contributed by atoms with Gasteiger partial charge in [0.25, 0.3) is 0 Å². The Hall–Kier alpha value is -1.95. The van der Waals surface area contributed by atoms with Gasteiger partial charge in [-0.3, -0.25) is 0 Å². The molecular formula is C14H16FN3O2. The third-order valence-electron chi connectivity index (χ3n) is 3.28. The molecule has 0 amide bonds. The maximum Gasteiger partial charge on any atom is 0.315 e. The number of nitrogens with zero attached hydrogens (tertiary/aromatic N) is 2. The second-order valence-corrected chi connectivity index (χ2v) is 4.84. The number of ether oxygens (including phenoxy) is 1. The molecule has 20 heavy (non-hydrogen) atoms. The average molecular weight is 277 g/mol. The molecule has 1 saturated heterocycles. The molecule has 0 saturated carbocycles. The smallest absolute Gasteiger partial charge is 0.315 e. The average Bonchev–Trinajstić information content (AvgIpc) is 2.90. The summed E-state index contributed by atoms with van der Waals surface area (Å²) in [6.07, 6.45) is 2.38. The summed E-state index contributed by atoms with van der Waals surface area (Å²) in [6.45, 7) is 1.52. The Morgan fingerprint density at radius 3 is 2.65 bits per heavy atom. The van der Waals surface area contributed by atoms with Crippen molar-refractivity contribution in [2.24, 2.45) is 0 Å². The van der Waals surface area contributed by atoms with E-state index in [1.54, 1.807) is 12.1 Å². The molecule has 1 aliphatic rings. The number of nitrogens with one attached hydrogen (secondary N) is 1. The topological polar surface area (TPSA) is 60.2 Å². The van der Waals surface area contributed by atoms with E-state index >= 15 is 0 Å². The highest BCUT2D eigenvalue weighted by molar-refractivity contribution is 5.23. The molecule has 1 fully saturated rings. The molecular weight excluding hydrogens is 261 g/mol. The summed E-state index contributed by atoms with van der Waals surface area (Å²) in [5.74, 6) is 0.271. The van der Waals surface area contributed by atoms with Crippen LogP contribution < -0.4 is 5.32 Å². The lowest BCUT2D eigenvalue weighted by Crippen LogP contribution is -2.27. The lowest BCUT2D eigenvalue weighted by atomic mass is 10.1. The molecule has 0 atom stereocenters. The van der Waals surface area contributed by atoms with E-state index in [9.17, 15) is 4.39 Å². The van der Waals surface area contributed by atoms with Gasteiger partial charge in [-0.15, -0.1) is 5.10 Å². The first kappa shape index (κ1) is 13.1. The zero-order valence-corrected chi connectivity index (χ0v) is 11.0. The molecule has 1 aromatic carbocycles. The van der Waals surface area contributed by atoms with Gasteiger partial charge in [0.2, 0.25) is 5.89 Å². The SMILES string of the molecule is Fc1ccc(Cc2nnc(NC3CCOCC3)o2)cc1. The lowest BCUT2D eigenvalue weighted by Gasteiger charge is -2.21. The van der Waals surface area contributed by atoms with E-state index in [1.807, 2.05) is 0 Å². The van der Waals surface area contributed by atoms with Crippen LogP contribution in [0.1, 0.15) is 24.3 Å². The van der Waals surface area contributed by atoms with Gasteiger partial charge < -0.3 is 14.5 Å². The second kappa shape index (κ2) is 6.00. The number of hydrogen-bond acceptors (Lipinski definition) is 5. The molecule has 1 N–H and O–H groups in total. The maximum atomic E-state index is 12.8. The first-order valence-corrected chi connectivity index (χ1v) is 6.71. The van der Waals surface area contributed by atoms with Crippen molar-refractivity contribution < 1.29 is 13.5 Å². The zero-order valence-electron chi connectivity index (χ0n) is 11.0. The van der Waals surface area contributed by atoms with Gasteiger partial charge in [-0.25, -0.2) is 4.39 Å². The van der Waals surface area contributed by atoms with Crippen LogP contribution in [0.2, 0.25) is 0 Å². The van der Waals surface area contributed by atoms with Crippen LogP contribution in [0.4, 0.5) is 10.4 Å². The van der Waals surface area contributed by atoms with Crippen molar-refractivity contribution in [1.82, 2.24) is 10.2 Å². The Labute approximate surface area is 116 Å². The first-order valence-electron chi connectivity index (χ1n) is 6.71. The Morgan fingerprint density at radius 1 is 1.15 bits per heavy atom. The molecule has 0 aliphatic carbocycles. The van der Waals surface area contributed by atoms with Gasteiger partial charge in [0.05, 0.1) is 6.42 Å². The standard InChI is InChI=1S/C14H16FN3O2/c15-11-3-1-10(2-4-11)9-13-17-18-14(20-13)16-12-5-7-19-8-6-12/h1-4,12H,5-9H2,(H,16,18). The molecule has 0 unspecified atom stereocenters. The largest absolute Gasteiger partial charge is 0.408 e. The summed E-state index contributed by atoms with van der Waals surface area (Å²) in [6, 6.07) is 7.03. The van der Waals surface area contributed by atoms with E-state index in [-0.39, 0.29) is 5.82 Å². The minimum absolute atomic E-state index is 0.249. The summed E-state index contributed by atoms with van der Waals surface area (Å²) in [5, 5.41) is 11.2. The number of halogens is 1. The fourth-order valence-corrected chi connectivity index (χ4v) is 2.18. The van der Waals surface area contributed by atoms with Crippen LogP contribution >= 0.6 is 0 Å². The molecule has 2 heterocycles. The van der Waals surface area contributed by atoms with Crippen molar-refractivity contribution in [3.05, 3.63) is 41.5 Å². The van der Waals surface area contributed by atoms with Crippen molar-refractivity contribution in [3.63, 3.8) is 0 Å². The van der Waals surface area contributed by atoms with Crippen molar-refractivity contribution in [2.75, 3.05) is 18.5 Å². The van der Waals surface area contributed by atoms with E-state index in [2.05, 4.69) is 15.5 Å². The fourth-order valence-electron chi connectivity index (χ4n) is 2.18. The number of benzene rings is 1. The van der Waals surface area contributed by atoms with Crippen LogP contribution in [0.5, 0.6) is 0 Å². The molecule has 6 heteroatoms. The van der Waals surface area contributed by atoms with Gasteiger partial charge >= 0.3 is 6.01 Å². The number of anilines is 1. The third kappa shape index (κ3) is 3.33. The first-order chi connectivity index (χ1) is 9.79. The highest BCUT2D eigenvalue weighted by atomic mass is 19.1. The molecule has 3 rings (SSSR count). The zero-order chi connectivity index (χ0) is 13.8. The minimum atomic E-state index is -0.249. The molecule has 1 aliphatic heterocycles. The Balaban J connectivity index is 1.60. The predicted octanol–water partition coefficient (Wildman–Crippen LogP) is 2.39. The number of hydrogen-bond donors (Lipinski definition) is 1. The number of aromatic nitrogens is 2. The van der Waals surface area contributed by atoms with E-state index in [4.69, 9.17) is 9.15 Å². The van der Waals surface area contributed by atoms with Crippen molar-refractivity contribution in [3.8, 4) is 0 Å². The third-order valence-corrected chi connectivity index (χ3v) is 3.28. The van der Waals surface area contributed by atoms with Crippen molar-refractivity contribution >= 4 is 6.01 Å². The summed E-state index contributed by atoms with van der Waals surface area (Å²) < 4.78 is 23.7. The van der Waals surface area contributed by atoms with Crippen LogP contribution in [0.15, 0.2) is 28.7 Å². The molecule has 5 nitrogen and oxygen atoms in total. The summed E-state index contributed by atoms with van der Waals surface area (Å²) in [5.41, 5.74) is 0.938. The fraction of sp³-hybridized carbons (Fsp3) is 0.429. The highest BCUT2D eigenvalue weighted by Gasteiger charge is 2.16. The van der Waals surface area contributed by atoms with Gasteiger partial charge in [0.15, 0.2) is 0 Å². The van der Waals surface area contributed by atoms with Crippen molar-refractivity contribution in [1.29, 1.82) is 0 Å². The van der Waals surface area contributed by atoms with Crippen LogP contribution in [-0.2, 0) is 11.2 Å². The Bertz CT molecular complexity index is 550. The van der Waals surface area contributed by atoms with Crippen LogP contribution in [0, 0.1) is 5.82 Å². The summed E-state index contributed by atoms with van der Waals surface area (Å²) >= 11 is 0. The summed E-state index contributed by atoms with van der Waals surface area (Å²) in [4.78, 5) is 0. The monoisotopic (exact) mass is 277 g/mol. The quantitative estimate of drug-likeness (QED) is 0.929. The van der Waals surface area contributed by atoms with Gasteiger partial charge in [-0.1, -0.05) is 17.2 Å². The van der Waals surface area contributed by atoms with Gasteiger partial charge in [0.1, 0.15) is 5.82 Å². The van der Waals surface area contributed by atoms with E-state index in [0.29, 0.717) is 24.4 Å². The van der Waals surface area contributed by atoms with Crippen LogP contribution in [0.25, 0.3) is 0 Å². The molecule has 106 valence electrons. The van der Waals surface area contributed by atoms with E-state index < -0.39 is 0 Å². The molecule has 0 bridgehead atoms. The molecule has 1 aromatic heterocycles. The Kier molecular flexibility index (Phi) is 3.92. The van der Waals surface area contributed by atoms with E-state index in [0.717, 1.165) is 31.6 Å². The number of rotatable bonds is 4. The minimum Gasteiger partial charge on any atom is -0.408 e. The summed E-state index contributed by atoms with van der Waals surface area (Å²) in [7, 11) is 0. The predicted molar refractivity (Wildman–Crippen MR) is 71.0 cm³/mol. The van der Waals surface area contributed by atoms with Crippen LogP contribution in [-0.4, -0.2) is 29.5 Å². The van der Waals surface area contributed by atoms with Crippen molar-refractivity contribution in [2.45, 2.75) is 25.3 Å². The molecule has 2 aromatic rings. The molecule has 0 spiro atoms. The normalized spacial score (nSPS) is 16.2. The van der Waals surface area contributed by atoms with E-state index in [1.165, 1.54) is 12.1 Å².